The fraction of sp³-hybridized carbons (Fsp3) is 0.333. The molecule has 0 aliphatic heterocycles. The van der Waals surface area contributed by atoms with Gasteiger partial charge in [0.2, 0.25) is 5.91 Å². The summed E-state index contributed by atoms with van der Waals surface area (Å²) in [7, 11) is 1.68. The van der Waals surface area contributed by atoms with Gasteiger partial charge in [0, 0.05) is 13.0 Å². The summed E-state index contributed by atoms with van der Waals surface area (Å²) < 4.78 is 5.34. The summed E-state index contributed by atoms with van der Waals surface area (Å²) >= 11 is 0. The standard InChI is InChI=1S/C18H23N3O2/c1-3-6-18(22)21-15-9-10-17(20-13-15)19-12-11-14-7-4-5-8-16(14)23-2/h4-5,7-10,13H,3,6,11-12H2,1-2H3,(H,19,20)(H,21,22). The third-order valence-electron chi connectivity index (χ3n) is 3.42. The van der Waals surface area contributed by atoms with Gasteiger partial charge in [0.1, 0.15) is 11.6 Å². The highest BCUT2D eigenvalue weighted by atomic mass is 16.5. The number of pyridine rings is 1. The maximum absolute atomic E-state index is 11.5. The molecule has 2 rings (SSSR count). The molecule has 0 aliphatic carbocycles. The largest absolute Gasteiger partial charge is 0.496 e. The second kappa shape index (κ2) is 8.78. The highest BCUT2D eigenvalue weighted by molar-refractivity contribution is 5.90. The van der Waals surface area contributed by atoms with Crippen LogP contribution in [0.3, 0.4) is 0 Å². The zero-order chi connectivity index (χ0) is 16.5. The monoisotopic (exact) mass is 313 g/mol. The van der Waals surface area contributed by atoms with Crippen LogP contribution in [0.5, 0.6) is 5.75 Å². The number of anilines is 2. The molecule has 1 aromatic carbocycles. The van der Waals surface area contributed by atoms with Gasteiger partial charge in [-0.1, -0.05) is 25.1 Å². The van der Waals surface area contributed by atoms with E-state index in [0.29, 0.717) is 6.42 Å². The van der Waals surface area contributed by atoms with Crippen molar-refractivity contribution < 1.29 is 9.53 Å². The van der Waals surface area contributed by atoms with Crippen LogP contribution in [-0.2, 0) is 11.2 Å². The van der Waals surface area contributed by atoms with Crippen molar-refractivity contribution in [3.8, 4) is 5.75 Å². The van der Waals surface area contributed by atoms with E-state index in [1.54, 1.807) is 13.3 Å². The molecular formula is C18H23N3O2. The van der Waals surface area contributed by atoms with Crippen molar-refractivity contribution in [2.75, 3.05) is 24.3 Å². The number of hydrogen-bond donors (Lipinski definition) is 2. The van der Waals surface area contributed by atoms with Crippen molar-refractivity contribution in [3.63, 3.8) is 0 Å². The van der Waals surface area contributed by atoms with Crippen LogP contribution in [-0.4, -0.2) is 24.5 Å². The average Bonchev–Trinajstić information content (AvgIpc) is 2.57. The smallest absolute Gasteiger partial charge is 0.224 e. The number of nitrogens with zero attached hydrogens (tertiary/aromatic N) is 1. The first-order valence-corrected chi connectivity index (χ1v) is 7.84. The topological polar surface area (TPSA) is 63.2 Å². The van der Waals surface area contributed by atoms with E-state index >= 15 is 0 Å². The van der Waals surface area contributed by atoms with Gasteiger partial charge in [-0.25, -0.2) is 4.98 Å². The predicted molar refractivity (Wildman–Crippen MR) is 93.0 cm³/mol. The molecule has 23 heavy (non-hydrogen) atoms. The van der Waals surface area contributed by atoms with Gasteiger partial charge in [0.25, 0.3) is 0 Å². The Balaban J connectivity index is 1.83. The lowest BCUT2D eigenvalue weighted by Crippen LogP contribution is -2.11. The first-order valence-electron chi connectivity index (χ1n) is 7.84. The summed E-state index contributed by atoms with van der Waals surface area (Å²) in [6, 6.07) is 11.7. The minimum absolute atomic E-state index is 0.0196. The Kier molecular flexibility index (Phi) is 6.41. The van der Waals surface area contributed by atoms with Crippen LogP contribution in [0.1, 0.15) is 25.3 Å². The molecule has 0 saturated heterocycles. The van der Waals surface area contributed by atoms with Crippen molar-refractivity contribution in [1.82, 2.24) is 4.98 Å². The van der Waals surface area contributed by atoms with E-state index in [0.717, 1.165) is 42.2 Å². The number of carbonyl (C=O) groups excluding carboxylic acids is 1. The molecule has 122 valence electrons. The number of amides is 1. The Morgan fingerprint density at radius 3 is 2.74 bits per heavy atom. The summed E-state index contributed by atoms with van der Waals surface area (Å²) in [4.78, 5) is 15.8. The highest BCUT2D eigenvalue weighted by Crippen LogP contribution is 2.18. The molecule has 0 fully saturated rings. The molecule has 5 heteroatoms. The van der Waals surface area contributed by atoms with Crippen LogP contribution in [0.2, 0.25) is 0 Å². The van der Waals surface area contributed by atoms with Crippen LogP contribution >= 0.6 is 0 Å². The van der Waals surface area contributed by atoms with E-state index in [4.69, 9.17) is 4.74 Å². The Bertz CT molecular complexity index is 626. The lowest BCUT2D eigenvalue weighted by atomic mass is 10.1. The van der Waals surface area contributed by atoms with E-state index in [1.165, 1.54) is 0 Å². The fourth-order valence-electron chi connectivity index (χ4n) is 2.26. The molecule has 0 unspecified atom stereocenters. The number of aromatic nitrogens is 1. The second-order valence-electron chi connectivity index (χ2n) is 5.22. The van der Waals surface area contributed by atoms with Crippen LogP contribution in [0.15, 0.2) is 42.6 Å². The van der Waals surface area contributed by atoms with Gasteiger partial charge in [0.05, 0.1) is 19.0 Å². The van der Waals surface area contributed by atoms with E-state index in [9.17, 15) is 4.79 Å². The molecular weight excluding hydrogens is 290 g/mol. The molecule has 0 radical (unpaired) electrons. The number of para-hydroxylation sites is 1. The minimum atomic E-state index is 0.0196. The van der Waals surface area contributed by atoms with E-state index in [1.807, 2.05) is 37.3 Å². The van der Waals surface area contributed by atoms with Crippen molar-refractivity contribution in [3.05, 3.63) is 48.2 Å². The van der Waals surface area contributed by atoms with Gasteiger partial charge in [-0.2, -0.15) is 0 Å². The molecule has 2 aromatic rings. The summed E-state index contributed by atoms with van der Waals surface area (Å²) in [6.45, 7) is 2.74. The summed E-state index contributed by atoms with van der Waals surface area (Å²) in [5, 5.41) is 6.09. The van der Waals surface area contributed by atoms with E-state index < -0.39 is 0 Å². The maximum Gasteiger partial charge on any atom is 0.224 e. The van der Waals surface area contributed by atoms with Crippen molar-refractivity contribution >= 4 is 17.4 Å². The van der Waals surface area contributed by atoms with Crippen LogP contribution in [0.4, 0.5) is 11.5 Å². The number of nitrogens with one attached hydrogen (secondary N) is 2. The third-order valence-corrected chi connectivity index (χ3v) is 3.42. The van der Waals surface area contributed by atoms with Crippen molar-refractivity contribution in [2.45, 2.75) is 26.2 Å². The number of methoxy groups -OCH3 is 1. The number of carbonyl (C=O) groups is 1. The predicted octanol–water partition coefficient (Wildman–Crippen LogP) is 3.48. The van der Waals surface area contributed by atoms with E-state index in [-0.39, 0.29) is 5.91 Å². The third kappa shape index (κ3) is 5.29. The Morgan fingerprint density at radius 1 is 1.22 bits per heavy atom. The average molecular weight is 313 g/mol. The lowest BCUT2D eigenvalue weighted by Gasteiger charge is -2.10. The molecule has 0 atom stereocenters. The zero-order valence-electron chi connectivity index (χ0n) is 13.6. The van der Waals surface area contributed by atoms with Crippen molar-refractivity contribution in [1.29, 1.82) is 0 Å². The van der Waals surface area contributed by atoms with Crippen LogP contribution < -0.4 is 15.4 Å². The molecule has 5 nitrogen and oxygen atoms in total. The quantitative estimate of drug-likeness (QED) is 0.783. The number of benzene rings is 1. The number of rotatable bonds is 8. The molecule has 1 heterocycles. The highest BCUT2D eigenvalue weighted by Gasteiger charge is 2.03. The van der Waals surface area contributed by atoms with Gasteiger partial charge in [-0.15, -0.1) is 0 Å². The molecule has 0 aliphatic rings. The van der Waals surface area contributed by atoms with Crippen molar-refractivity contribution in [2.24, 2.45) is 0 Å². The molecule has 0 saturated carbocycles. The molecule has 0 bridgehead atoms. The molecule has 1 amide bonds. The Hall–Kier alpha value is -2.56. The number of ether oxygens (including phenoxy) is 1. The number of hydrogen-bond acceptors (Lipinski definition) is 4. The summed E-state index contributed by atoms with van der Waals surface area (Å²) in [5.41, 5.74) is 1.88. The van der Waals surface area contributed by atoms with Crippen LogP contribution in [0, 0.1) is 0 Å². The van der Waals surface area contributed by atoms with Gasteiger partial charge in [0.15, 0.2) is 0 Å². The zero-order valence-corrected chi connectivity index (χ0v) is 13.6. The Labute approximate surface area is 137 Å². The van der Waals surface area contributed by atoms with Crippen LogP contribution in [0.25, 0.3) is 0 Å². The SMILES string of the molecule is CCCC(=O)Nc1ccc(NCCc2ccccc2OC)nc1. The van der Waals surface area contributed by atoms with E-state index in [2.05, 4.69) is 21.7 Å². The van der Waals surface area contributed by atoms with Gasteiger partial charge >= 0.3 is 0 Å². The van der Waals surface area contributed by atoms with Gasteiger partial charge < -0.3 is 15.4 Å². The Morgan fingerprint density at radius 2 is 2.04 bits per heavy atom. The lowest BCUT2D eigenvalue weighted by molar-refractivity contribution is -0.116. The van der Waals surface area contributed by atoms with Gasteiger partial charge in [-0.05, 0) is 36.6 Å². The first-order chi connectivity index (χ1) is 11.2. The maximum atomic E-state index is 11.5. The van der Waals surface area contributed by atoms with Gasteiger partial charge in [-0.3, -0.25) is 4.79 Å². The minimum Gasteiger partial charge on any atom is -0.496 e. The molecule has 1 aromatic heterocycles. The molecule has 0 spiro atoms. The summed E-state index contributed by atoms with van der Waals surface area (Å²) in [6.07, 6.45) is 3.88. The fourth-order valence-corrected chi connectivity index (χ4v) is 2.26. The normalized spacial score (nSPS) is 10.2. The molecule has 2 N–H and O–H groups in total. The summed E-state index contributed by atoms with van der Waals surface area (Å²) in [5.74, 6) is 1.70. The second-order valence-corrected chi connectivity index (χ2v) is 5.22. The first kappa shape index (κ1) is 16.8.